The Labute approximate surface area is 171 Å². The highest BCUT2D eigenvalue weighted by molar-refractivity contribution is 5.94. The zero-order valence-corrected chi connectivity index (χ0v) is 16.1. The van der Waals surface area contributed by atoms with Crippen molar-refractivity contribution in [3.8, 4) is 0 Å². The quantitative estimate of drug-likeness (QED) is 0.681. The van der Waals surface area contributed by atoms with E-state index in [0.29, 0.717) is 43.9 Å². The zero-order chi connectivity index (χ0) is 21.3. The van der Waals surface area contributed by atoms with Gasteiger partial charge in [0.1, 0.15) is 5.82 Å². The highest BCUT2D eigenvalue weighted by Crippen LogP contribution is 2.25. The van der Waals surface area contributed by atoms with Crippen molar-refractivity contribution in [1.82, 2.24) is 14.9 Å². The molecule has 4 rings (SSSR count). The number of halogens is 2. The van der Waals surface area contributed by atoms with E-state index in [1.165, 1.54) is 6.07 Å². The largest absolute Gasteiger partial charge is 0.383 e. The number of carbonyl (C=O) groups is 1. The van der Waals surface area contributed by atoms with Crippen molar-refractivity contribution in [2.75, 3.05) is 24.6 Å². The number of ether oxygens (including phenoxy) is 1. The van der Waals surface area contributed by atoms with Gasteiger partial charge in [0.2, 0.25) is 5.95 Å². The van der Waals surface area contributed by atoms with Gasteiger partial charge in [0.05, 0.1) is 18.2 Å². The van der Waals surface area contributed by atoms with E-state index >= 15 is 0 Å². The van der Waals surface area contributed by atoms with E-state index in [1.807, 2.05) is 18.2 Å². The molecule has 2 aromatic carbocycles. The van der Waals surface area contributed by atoms with Gasteiger partial charge in [0.15, 0.2) is 11.6 Å². The molecule has 0 saturated carbocycles. The van der Waals surface area contributed by atoms with E-state index in [1.54, 1.807) is 4.90 Å². The summed E-state index contributed by atoms with van der Waals surface area (Å²) in [6, 6.07) is 8.76. The number of rotatable bonds is 4. The van der Waals surface area contributed by atoms with Crippen LogP contribution in [0.2, 0.25) is 0 Å². The first-order valence-electron chi connectivity index (χ1n) is 9.59. The van der Waals surface area contributed by atoms with Crippen molar-refractivity contribution in [1.29, 1.82) is 0 Å². The number of aromatic nitrogens is 2. The smallest absolute Gasteiger partial charge is 0.253 e. The van der Waals surface area contributed by atoms with Crippen LogP contribution in [0.4, 0.5) is 20.5 Å². The number of benzene rings is 2. The van der Waals surface area contributed by atoms with Gasteiger partial charge in [-0.1, -0.05) is 12.1 Å². The van der Waals surface area contributed by atoms with Crippen LogP contribution in [0.25, 0.3) is 10.9 Å². The predicted octanol–water partition coefficient (Wildman–Crippen LogP) is 2.89. The Balaban J connectivity index is 1.37. The van der Waals surface area contributed by atoms with Gasteiger partial charge in [-0.25, -0.2) is 13.8 Å². The number of likely N-dealkylation sites (tertiary alicyclic amines) is 1. The van der Waals surface area contributed by atoms with Crippen LogP contribution in [-0.2, 0) is 11.3 Å². The third-order valence-corrected chi connectivity index (χ3v) is 5.23. The molecule has 1 amide bonds. The second kappa shape index (κ2) is 8.19. The van der Waals surface area contributed by atoms with Gasteiger partial charge in [0, 0.05) is 24.0 Å². The van der Waals surface area contributed by atoms with Crippen LogP contribution >= 0.6 is 0 Å². The maximum Gasteiger partial charge on any atom is 0.253 e. The van der Waals surface area contributed by atoms with Crippen molar-refractivity contribution in [2.24, 2.45) is 0 Å². The van der Waals surface area contributed by atoms with Gasteiger partial charge >= 0.3 is 0 Å². The molecule has 30 heavy (non-hydrogen) atoms. The summed E-state index contributed by atoms with van der Waals surface area (Å²) < 4.78 is 32.5. The van der Waals surface area contributed by atoms with Gasteiger partial charge in [0.25, 0.3) is 5.91 Å². The van der Waals surface area contributed by atoms with E-state index in [9.17, 15) is 13.6 Å². The highest BCUT2D eigenvalue weighted by atomic mass is 19.2. The summed E-state index contributed by atoms with van der Waals surface area (Å²) in [6.07, 6.45) is 1.24. The summed E-state index contributed by atoms with van der Waals surface area (Å²) in [5, 5.41) is 0.720. The monoisotopic (exact) mass is 413 g/mol. The normalized spacial score (nSPS) is 14.9. The van der Waals surface area contributed by atoms with E-state index in [-0.39, 0.29) is 23.5 Å². The molecule has 0 bridgehead atoms. The molecule has 1 aromatic heterocycles. The minimum atomic E-state index is -1.03. The van der Waals surface area contributed by atoms with Crippen LogP contribution < -0.4 is 11.5 Å². The predicted molar refractivity (Wildman–Crippen MR) is 108 cm³/mol. The first-order chi connectivity index (χ1) is 14.4. The average Bonchev–Trinajstić information content (AvgIpc) is 2.73. The minimum absolute atomic E-state index is 0.0369. The topological polar surface area (TPSA) is 107 Å². The summed E-state index contributed by atoms with van der Waals surface area (Å²) in [5.74, 6) is -1.89. The SMILES string of the molecule is Nc1nc(N)c2c(COC3CCN(C(=O)c4ccc(F)c(F)c4)CC3)cccc2n1. The fraction of sp³-hybridized carbons (Fsp3) is 0.286. The molecule has 1 fully saturated rings. The number of nitrogens with two attached hydrogens (primary N) is 2. The van der Waals surface area contributed by atoms with E-state index < -0.39 is 11.6 Å². The number of fused-ring (bicyclic) bond motifs is 1. The summed E-state index contributed by atoms with van der Waals surface area (Å²) in [6.45, 7) is 1.27. The molecular formula is C21H21F2N5O2. The Morgan fingerprint density at radius 3 is 2.60 bits per heavy atom. The standard InChI is InChI=1S/C21H21F2N5O2/c22-15-5-4-12(10-16(15)23)20(29)28-8-6-14(7-9-28)30-11-13-2-1-3-17-18(13)19(24)27-21(25)26-17/h1-5,10,14H,6-9,11H2,(H4,24,25,26,27). The molecular weight excluding hydrogens is 392 g/mol. The maximum atomic E-state index is 13.4. The van der Waals surface area contributed by atoms with Gasteiger partial charge in [-0.05, 0) is 42.7 Å². The van der Waals surface area contributed by atoms with Crippen LogP contribution in [0.5, 0.6) is 0 Å². The lowest BCUT2D eigenvalue weighted by molar-refractivity contribution is 0.0000270. The van der Waals surface area contributed by atoms with Crippen LogP contribution in [0, 0.1) is 11.6 Å². The first-order valence-corrected chi connectivity index (χ1v) is 9.59. The summed E-state index contributed by atoms with van der Waals surface area (Å²) in [7, 11) is 0. The second-order valence-electron chi connectivity index (χ2n) is 7.21. The number of hydrogen-bond acceptors (Lipinski definition) is 6. The molecule has 156 valence electrons. The number of amides is 1. The summed E-state index contributed by atoms with van der Waals surface area (Å²) in [5.41, 5.74) is 13.3. The van der Waals surface area contributed by atoms with Crippen molar-refractivity contribution in [2.45, 2.75) is 25.6 Å². The Kier molecular flexibility index (Phi) is 5.45. The van der Waals surface area contributed by atoms with Gasteiger partial charge < -0.3 is 21.1 Å². The van der Waals surface area contributed by atoms with Crippen LogP contribution in [0.15, 0.2) is 36.4 Å². The number of piperidine rings is 1. The average molecular weight is 413 g/mol. The second-order valence-corrected chi connectivity index (χ2v) is 7.21. The van der Waals surface area contributed by atoms with Gasteiger partial charge in [-0.15, -0.1) is 0 Å². The summed E-state index contributed by atoms with van der Waals surface area (Å²) >= 11 is 0. The molecule has 0 spiro atoms. The molecule has 0 unspecified atom stereocenters. The number of nitrogens with zero attached hydrogens (tertiary/aromatic N) is 3. The van der Waals surface area contributed by atoms with E-state index in [0.717, 1.165) is 23.1 Å². The third kappa shape index (κ3) is 4.02. The molecule has 3 aromatic rings. The molecule has 1 aliphatic rings. The molecule has 0 atom stereocenters. The lowest BCUT2D eigenvalue weighted by Gasteiger charge is -2.32. The summed E-state index contributed by atoms with van der Waals surface area (Å²) in [4.78, 5) is 22.4. The molecule has 1 saturated heterocycles. The van der Waals surface area contributed by atoms with Gasteiger partial charge in [-0.3, -0.25) is 4.79 Å². The Morgan fingerprint density at radius 2 is 1.87 bits per heavy atom. The van der Waals surface area contributed by atoms with Crippen molar-refractivity contribution in [3.05, 3.63) is 59.2 Å². The highest BCUT2D eigenvalue weighted by Gasteiger charge is 2.25. The number of hydrogen-bond donors (Lipinski definition) is 2. The number of nitrogen functional groups attached to an aromatic ring is 2. The Morgan fingerprint density at radius 1 is 1.10 bits per heavy atom. The third-order valence-electron chi connectivity index (χ3n) is 5.23. The Hall–Kier alpha value is -3.33. The molecule has 1 aliphatic heterocycles. The van der Waals surface area contributed by atoms with E-state index in [4.69, 9.17) is 16.2 Å². The first kappa shape index (κ1) is 20.0. The van der Waals surface area contributed by atoms with Crippen molar-refractivity contribution in [3.63, 3.8) is 0 Å². The lowest BCUT2D eigenvalue weighted by Crippen LogP contribution is -2.40. The lowest BCUT2D eigenvalue weighted by atomic mass is 10.1. The molecule has 4 N–H and O–H groups in total. The molecule has 0 aliphatic carbocycles. The zero-order valence-electron chi connectivity index (χ0n) is 16.1. The molecule has 2 heterocycles. The van der Waals surface area contributed by atoms with Crippen molar-refractivity contribution >= 4 is 28.6 Å². The van der Waals surface area contributed by atoms with Crippen LogP contribution in [0.3, 0.4) is 0 Å². The van der Waals surface area contributed by atoms with E-state index in [2.05, 4.69) is 9.97 Å². The molecule has 9 heteroatoms. The van der Waals surface area contributed by atoms with Crippen LogP contribution in [-0.4, -0.2) is 40.0 Å². The Bertz CT molecular complexity index is 1100. The molecule has 7 nitrogen and oxygen atoms in total. The van der Waals surface area contributed by atoms with Gasteiger partial charge in [-0.2, -0.15) is 4.98 Å². The van der Waals surface area contributed by atoms with Crippen molar-refractivity contribution < 1.29 is 18.3 Å². The van der Waals surface area contributed by atoms with Crippen LogP contribution in [0.1, 0.15) is 28.8 Å². The maximum absolute atomic E-state index is 13.4. The number of carbonyl (C=O) groups excluding carboxylic acids is 1. The fourth-order valence-electron chi connectivity index (χ4n) is 3.67. The number of anilines is 2. The minimum Gasteiger partial charge on any atom is -0.383 e. The molecule has 0 radical (unpaired) electrons. The fourth-order valence-corrected chi connectivity index (χ4v) is 3.67.